The van der Waals surface area contributed by atoms with E-state index in [-0.39, 0.29) is 12.5 Å². The Morgan fingerprint density at radius 1 is 1.06 bits per heavy atom. The molecule has 0 saturated heterocycles. The second-order valence-corrected chi connectivity index (χ2v) is 8.62. The van der Waals surface area contributed by atoms with Crippen LogP contribution < -0.4 is 5.32 Å². The van der Waals surface area contributed by atoms with E-state index in [0.717, 1.165) is 33.5 Å². The zero-order valence-corrected chi connectivity index (χ0v) is 19.7. The number of hydrogen-bond acceptors (Lipinski definition) is 4. The van der Waals surface area contributed by atoms with Crippen LogP contribution in [-0.4, -0.2) is 30.2 Å². The summed E-state index contributed by atoms with van der Waals surface area (Å²) in [6.45, 7) is 2.05. The topological polar surface area (TPSA) is 80.5 Å². The lowest BCUT2D eigenvalue weighted by Gasteiger charge is -2.20. The first-order valence-corrected chi connectivity index (χ1v) is 11.4. The number of aromatic amines is 1. The van der Waals surface area contributed by atoms with Crippen molar-refractivity contribution in [3.8, 4) is 11.4 Å². The molecule has 0 fully saturated rings. The van der Waals surface area contributed by atoms with Gasteiger partial charge in [0.2, 0.25) is 5.91 Å². The van der Waals surface area contributed by atoms with E-state index in [0.29, 0.717) is 10.6 Å². The van der Waals surface area contributed by atoms with Crippen molar-refractivity contribution in [2.45, 2.75) is 19.5 Å². The number of aromatic nitrogens is 5. The van der Waals surface area contributed by atoms with Gasteiger partial charge in [-0.15, -0.1) is 0 Å². The Morgan fingerprint density at radius 3 is 2.59 bits per heavy atom. The minimum Gasteiger partial charge on any atom is -0.341 e. The molecule has 2 heterocycles. The number of nitrogens with zero attached hydrogens (tertiary/aromatic N) is 4. The van der Waals surface area contributed by atoms with Crippen LogP contribution in [0.5, 0.6) is 0 Å². The molecule has 7 nitrogen and oxygen atoms in total. The van der Waals surface area contributed by atoms with Gasteiger partial charge in [0.15, 0.2) is 10.6 Å². The smallest absolute Gasteiger partial charge is 0.240 e. The number of aryl methyl sites for hydroxylation is 2. The summed E-state index contributed by atoms with van der Waals surface area (Å²) >= 11 is 5.44. The van der Waals surface area contributed by atoms with E-state index in [4.69, 9.17) is 17.2 Å². The number of nitrogens with one attached hydrogen (secondary N) is 2. The number of imidazole rings is 1. The third kappa shape index (κ3) is 4.15. The van der Waals surface area contributed by atoms with Gasteiger partial charge in [-0.2, -0.15) is 5.10 Å². The molecule has 0 radical (unpaired) electrons. The highest BCUT2D eigenvalue weighted by atomic mass is 32.1. The predicted octanol–water partition coefficient (Wildman–Crippen LogP) is 4.71. The highest BCUT2D eigenvalue weighted by Gasteiger charge is 2.23. The largest absolute Gasteiger partial charge is 0.341 e. The minimum atomic E-state index is -0.422. The van der Waals surface area contributed by atoms with E-state index in [2.05, 4.69) is 15.5 Å². The number of rotatable bonds is 6. The molecule has 0 bridgehead atoms. The predicted molar refractivity (Wildman–Crippen MR) is 135 cm³/mol. The van der Waals surface area contributed by atoms with Gasteiger partial charge in [0.05, 0.1) is 11.0 Å². The SMILES string of the molecule is Cc1cccc(-c2n[nH]c(=S)n2CC(=O)NC(c2ccccc2)c2nc3ccccc3n2C)c1. The molecule has 1 amide bonds. The lowest BCUT2D eigenvalue weighted by atomic mass is 10.1. The third-order valence-corrected chi connectivity index (χ3v) is 6.17. The van der Waals surface area contributed by atoms with Crippen molar-refractivity contribution in [2.75, 3.05) is 0 Å². The Bertz CT molecular complexity index is 1530. The molecule has 2 N–H and O–H groups in total. The maximum atomic E-state index is 13.3. The quantitative estimate of drug-likeness (QED) is 0.354. The molecule has 0 aliphatic carbocycles. The van der Waals surface area contributed by atoms with Crippen molar-refractivity contribution in [3.05, 3.63) is 101 Å². The summed E-state index contributed by atoms with van der Waals surface area (Å²) in [5.41, 5.74) is 4.84. The van der Waals surface area contributed by atoms with Crippen molar-refractivity contribution in [3.63, 3.8) is 0 Å². The summed E-state index contributed by atoms with van der Waals surface area (Å²) in [5.74, 6) is 1.20. The molecule has 1 unspecified atom stereocenters. The fourth-order valence-corrected chi connectivity index (χ4v) is 4.38. The summed E-state index contributed by atoms with van der Waals surface area (Å²) < 4.78 is 4.14. The number of fused-ring (bicyclic) bond motifs is 1. The number of carbonyl (C=O) groups is 1. The monoisotopic (exact) mass is 468 g/mol. The Morgan fingerprint density at radius 2 is 1.82 bits per heavy atom. The van der Waals surface area contributed by atoms with Crippen molar-refractivity contribution < 1.29 is 4.79 Å². The van der Waals surface area contributed by atoms with Crippen molar-refractivity contribution in [1.82, 2.24) is 29.6 Å². The molecule has 2 aromatic heterocycles. The van der Waals surface area contributed by atoms with Gasteiger partial charge in [0.1, 0.15) is 18.4 Å². The fourth-order valence-electron chi connectivity index (χ4n) is 4.18. The zero-order chi connectivity index (χ0) is 23.7. The average Bonchev–Trinajstić information content (AvgIpc) is 3.38. The second-order valence-electron chi connectivity index (χ2n) is 8.24. The first-order valence-electron chi connectivity index (χ1n) is 11.0. The average molecular weight is 469 g/mol. The zero-order valence-electron chi connectivity index (χ0n) is 18.9. The summed E-state index contributed by atoms with van der Waals surface area (Å²) in [4.78, 5) is 18.2. The summed E-state index contributed by atoms with van der Waals surface area (Å²) in [7, 11) is 1.97. The fraction of sp³-hybridized carbons (Fsp3) is 0.154. The molecular weight excluding hydrogens is 444 g/mol. The van der Waals surface area contributed by atoms with E-state index in [1.54, 1.807) is 4.57 Å². The lowest BCUT2D eigenvalue weighted by Crippen LogP contribution is -2.33. The Labute approximate surface area is 202 Å². The van der Waals surface area contributed by atoms with Crippen molar-refractivity contribution in [1.29, 1.82) is 0 Å². The van der Waals surface area contributed by atoms with Gasteiger partial charge in [-0.25, -0.2) is 4.98 Å². The number of benzene rings is 3. The molecule has 1 atom stereocenters. The van der Waals surface area contributed by atoms with Crippen LogP contribution in [0.1, 0.15) is 23.0 Å². The first kappa shape index (κ1) is 21.8. The number of para-hydroxylation sites is 2. The number of amides is 1. The van der Waals surface area contributed by atoms with Crippen LogP contribution in [0.4, 0.5) is 0 Å². The first-order chi connectivity index (χ1) is 16.5. The van der Waals surface area contributed by atoms with Gasteiger partial charge in [-0.3, -0.25) is 14.5 Å². The van der Waals surface area contributed by atoms with Gasteiger partial charge < -0.3 is 9.88 Å². The summed E-state index contributed by atoms with van der Waals surface area (Å²) in [6.07, 6.45) is 0. The van der Waals surface area contributed by atoms with Gasteiger partial charge in [0.25, 0.3) is 0 Å². The molecule has 0 aliphatic rings. The summed E-state index contributed by atoms with van der Waals surface area (Å²) in [5, 5.41) is 10.4. The molecule has 170 valence electrons. The number of hydrogen-bond donors (Lipinski definition) is 2. The van der Waals surface area contributed by atoms with Crippen molar-refractivity contribution >= 4 is 29.2 Å². The molecule has 3 aromatic carbocycles. The van der Waals surface area contributed by atoms with Crippen LogP contribution in [0.15, 0.2) is 78.9 Å². The van der Waals surface area contributed by atoms with E-state index in [1.165, 1.54) is 0 Å². The molecule has 5 aromatic rings. The number of carbonyl (C=O) groups excluding carboxylic acids is 1. The van der Waals surface area contributed by atoms with Crippen LogP contribution in [0.2, 0.25) is 0 Å². The maximum Gasteiger partial charge on any atom is 0.240 e. The van der Waals surface area contributed by atoms with Gasteiger partial charge in [-0.05, 0) is 42.9 Å². The highest BCUT2D eigenvalue weighted by Crippen LogP contribution is 2.25. The van der Waals surface area contributed by atoms with Gasteiger partial charge in [-0.1, -0.05) is 66.2 Å². The summed E-state index contributed by atoms with van der Waals surface area (Å²) in [6, 6.07) is 25.3. The lowest BCUT2D eigenvalue weighted by molar-refractivity contribution is -0.122. The van der Waals surface area contributed by atoms with Crippen LogP contribution in [0, 0.1) is 11.7 Å². The van der Waals surface area contributed by atoms with E-state index >= 15 is 0 Å². The highest BCUT2D eigenvalue weighted by molar-refractivity contribution is 7.71. The molecule has 0 aliphatic heterocycles. The van der Waals surface area contributed by atoms with Crippen LogP contribution in [0.25, 0.3) is 22.4 Å². The minimum absolute atomic E-state index is 0.0336. The second kappa shape index (κ2) is 9.07. The molecule has 8 heteroatoms. The van der Waals surface area contributed by atoms with Crippen molar-refractivity contribution in [2.24, 2.45) is 7.05 Å². The van der Waals surface area contributed by atoms with E-state index in [9.17, 15) is 4.79 Å². The van der Waals surface area contributed by atoms with E-state index in [1.807, 2.05) is 97.4 Å². The van der Waals surface area contributed by atoms with Crippen LogP contribution in [-0.2, 0) is 18.4 Å². The van der Waals surface area contributed by atoms with Gasteiger partial charge in [0, 0.05) is 12.6 Å². The van der Waals surface area contributed by atoms with E-state index < -0.39 is 6.04 Å². The standard InChI is InChI=1S/C26H24N6OS/c1-17-9-8-12-19(15-17)24-29-30-26(34)32(24)16-22(33)28-23(18-10-4-3-5-11-18)25-27-20-13-6-7-14-21(20)31(25)2/h3-15,23H,16H2,1-2H3,(H,28,33)(H,30,34). The Balaban J connectivity index is 1.49. The molecule has 34 heavy (non-hydrogen) atoms. The van der Waals surface area contributed by atoms with Crippen LogP contribution >= 0.6 is 12.2 Å². The Kier molecular flexibility index (Phi) is 5.81. The van der Waals surface area contributed by atoms with Crippen LogP contribution in [0.3, 0.4) is 0 Å². The third-order valence-electron chi connectivity index (χ3n) is 5.85. The molecule has 5 rings (SSSR count). The normalized spacial score (nSPS) is 12.1. The number of H-pyrrole nitrogens is 1. The molecule has 0 spiro atoms. The Hall–Kier alpha value is -4.04. The molecule has 0 saturated carbocycles. The maximum absolute atomic E-state index is 13.3. The van der Waals surface area contributed by atoms with Gasteiger partial charge >= 0.3 is 0 Å². The molecular formula is C26H24N6OS.